The summed E-state index contributed by atoms with van der Waals surface area (Å²) in [4.78, 5) is 22.0. The molecule has 29 heavy (non-hydrogen) atoms. The fraction of sp³-hybridized carbons (Fsp3) is 0.278. The van der Waals surface area contributed by atoms with Gasteiger partial charge in [0.15, 0.2) is 0 Å². The Hall–Kier alpha value is -3.34. The zero-order valence-corrected chi connectivity index (χ0v) is 16.7. The first-order valence-corrected chi connectivity index (χ1v) is 10.1. The first kappa shape index (κ1) is 22.0. The summed E-state index contributed by atoms with van der Waals surface area (Å²) < 4.78 is 37.2. The lowest BCUT2D eigenvalue weighted by atomic mass is 10.2. The number of nitro groups is 1. The summed E-state index contributed by atoms with van der Waals surface area (Å²) in [6, 6.07) is 9.07. The van der Waals surface area contributed by atoms with Gasteiger partial charge in [0.2, 0.25) is 0 Å². The molecule has 2 aromatic rings. The largest absolute Gasteiger partial charge is 0.496 e. The Bertz CT molecular complexity index is 975. The summed E-state index contributed by atoms with van der Waals surface area (Å²) in [5.74, 6) is 0.223. The average molecular weight is 423 g/mol. The molecule has 0 atom stereocenters. The molecule has 0 unspecified atom stereocenters. The summed E-state index contributed by atoms with van der Waals surface area (Å²) in [5, 5.41) is 13.7. The van der Waals surface area contributed by atoms with Crippen molar-refractivity contribution in [3.05, 3.63) is 52.6 Å². The minimum Gasteiger partial charge on any atom is -0.496 e. The molecule has 0 fully saturated rings. The van der Waals surface area contributed by atoms with Gasteiger partial charge in [-0.2, -0.15) is 0 Å². The van der Waals surface area contributed by atoms with Crippen molar-refractivity contribution in [1.82, 2.24) is 0 Å². The van der Waals surface area contributed by atoms with Gasteiger partial charge in [0, 0.05) is 5.69 Å². The molecule has 0 aliphatic rings. The number of nitrogens with one attached hydrogen (secondary N) is 2. The molecule has 1 amide bonds. The van der Waals surface area contributed by atoms with Crippen molar-refractivity contribution < 1.29 is 27.6 Å². The Morgan fingerprint density at radius 2 is 1.86 bits per heavy atom. The van der Waals surface area contributed by atoms with Gasteiger partial charge in [-0.25, -0.2) is 13.2 Å². The number of carbonyl (C=O) groups is 1. The fourth-order valence-electron chi connectivity index (χ4n) is 2.26. The highest BCUT2D eigenvalue weighted by Crippen LogP contribution is 2.30. The van der Waals surface area contributed by atoms with Crippen LogP contribution in [0.2, 0.25) is 0 Å². The van der Waals surface area contributed by atoms with E-state index in [-0.39, 0.29) is 16.3 Å². The molecular weight excluding hydrogens is 402 g/mol. The molecule has 0 heterocycles. The van der Waals surface area contributed by atoms with E-state index >= 15 is 0 Å². The minimum absolute atomic E-state index is 0.132. The third kappa shape index (κ3) is 6.07. The van der Waals surface area contributed by atoms with Gasteiger partial charge in [0.1, 0.15) is 11.4 Å². The highest BCUT2D eigenvalue weighted by molar-refractivity contribution is 7.92. The molecule has 2 rings (SSSR count). The van der Waals surface area contributed by atoms with E-state index in [0.717, 1.165) is 18.9 Å². The molecule has 156 valence electrons. The van der Waals surface area contributed by atoms with Crippen molar-refractivity contribution in [3.63, 3.8) is 0 Å². The van der Waals surface area contributed by atoms with Crippen molar-refractivity contribution in [3.8, 4) is 5.75 Å². The van der Waals surface area contributed by atoms with Gasteiger partial charge in [-0.3, -0.25) is 20.2 Å². The summed E-state index contributed by atoms with van der Waals surface area (Å²) in [7, 11) is -2.75. The van der Waals surface area contributed by atoms with Crippen molar-refractivity contribution in [2.75, 3.05) is 23.8 Å². The second-order valence-electron chi connectivity index (χ2n) is 5.88. The predicted octanol–water partition coefficient (Wildman–Crippen LogP) is 3.75. The maximum Gasteiger partial charge on any atom is 0.411 e. The van der Waals surface area contributed by atoms with Crippen LogP contribution in [0.25, 0.3) is 0 Å². The van der Waals surface area contributed by atoms with Gasteiger partial charge in [0.25, 0.3) is 15.7 Å². The molecule has 10 nitrogen and oxygen atoms in total. The van der Waals surface area contributed by atoms with Gasteiger partial charge < -0.3 is 9.47 Å². The predicted molar refractivity (Wildman–Crippen MR) is 107 cm³/mol. The SMILES string of the molecule is CCCCOC(=O)Nc1ccc(S(=O)(=O)Nc2ccc(OC)cc2[N+](=O)[O-])cc1. The molecule has 0 bridgehead atoms. The number of sulfonamides is 1. The first-order valence-electron chi connectivity index (χ1n) is 8.66. The molecule has 0 aliphatic heterocycles. The minimum atomic E-state index is -4.09. The van der Waals surface area contributed by atoms with Crippen molar-refractivity contribution >= 4 is 33.2 Å². The Labute approximate surface area is 168 Å². The zero-order valence-electron chi connectivity index (χ0n) is 15.9. The summed E-state index contributed by atoms with van der Waals surface area (Å²) in [5.41, 5.74) is -0.292. The molecule has 0 radical (unpaired) electrons. The number of nitro benzene ring substituents is 1. The van der Waals surface area contributed by atoms with Crippen LogP contribution in [0.4, 0.5) is 21.9 Å². The van der Waals surface area contributed by atoms with Gasteiger partial charge >= 0.3 is 6.09 Å². The fourth-order valence-corrected chi connectivity index (χ4v) is 3.33. The average Bonchev–Trinajstić information content (AvgIpc) is 2.68. The van der Waals surface area contributed by atoms with Crippen molar-refractivity contribution in [2.45, 2.75) is 24.7 Å². The summed E-state index contributed by atoms with van der Waals surface area (Å²) >= 11 is 0. The number of ether oxygens (including phenoxy) is 2. The highest BCUT2D eigenvalue weighted by atomic mass is 32.2. The summed E-state index contributed by atoms with van der Waals surface area (Å²) in [6.07, 6.45) is 0.994. The molecule has 0 aromatic heterocycles. The van der Waals surface area contributed by atoms with Gasteiger partial charge in [0.05, 0.1) is 29.6 Å². The number of carbonyl (C=O) groups excluding carboxylic acids is 1. The van der Waals surface area contributed by atoms with E-state index in [1.54, 1.807) is 0 Å². The van der Waals surface area contributed by atoms with E-state index in [2.05, 4.69) is 10.0 Å². The quantitative estimate of drug-likeness (QED) is 0.356. The summed E-state index contributed by atoms with van der Waals surface area (Å²) in [6.45, 7) is 2.26. The van der Waals surface area contributed by atoms with Gasteiger partial charge in [-0.15, -0.1) is 0 Å². The van der Waals surface area contributed by atoms with Crippen LogP contribution in [0.3, 0.4) is 0 Å². The van der Waals surface area contributed by atoms with E-state index in [1.807, 2.05) is 6.92 Å². The number of nitrogens with zero attached hydrogens (tertiary/aromatic N) is 1. The Morgan fingerprint density at radius 1 is 1.17 bits per heavy atom. The monoisotopic (exact) mass is 423 g/mol. The number of benzene rings is 2. The van der Waals surface area contributed by atoms with Crippen LogP contribution in [0, 0.1) is 10.1 Å². The van der Waals surface area contributed by atoms with Crippen LogP contribution in [0.1, 0.15) is 19.8 Å². The topological polar surface area (TPSA) is 137 Å². The number of hydrogen-bond acceptors (Lipinski definition) is 7. The van der Waals surface area contributed by atoms with Crippen LogP contribution < -0.4 is 14.8 Å². The lowest BCUT2D eigenvalue weighted by Gasteiger charge is -2.11. The second kappa shape index (κ2) is 9.73. The third-order valence-electron chi connectivity index (χ3n) is 3.79. The molecule has 2 N–H and O–H groups in total. The third-order valence-corrected chi connectivity index (χ3v) is 5.17. The number of unbranched alkanes of at least 4 members (excludes halogenated alkanes) is 1. The van der Waals surface area contributed by atoms with Crippen LogP contribution in [0.15, 0.2) is 47.4 Å². The zero-order chi connectivity index (χ0) is 21.4. The van der Waals surface area contributed by atoms with E-state index in [1.165, 1.54) is 43.5 Å². The molecule has 2 aromatic carbocycles. The van der Waals surface area contributed by atoms with E-state index in [0.29, 0.717) is 12.3 Å². The smallest absolute Gasteiger partial charge is 0.411 e. The standard InChI is InChI=1S/C18H21N3O7S/c1-3-4-11-28-18(22)19-13-5-8-15(9-6-13)29(25,26)20-16-10-7-14(27-2)12-17(16)21(23)24/h5-10,12,20H,3-4,11H2,1-2H3,(H,19,22). The van der Waals surface area contributed by atoms with Gasteiger partial charge in [-0.1, -0.05) is 13.3 Å². The van der Waals surface area contributed by atoms with E-state index in [4.69, 9.17) is 9.47 Å². The molecule has 0 saturated carbocycles. The molecule has 0 saturated heterocycles. The maximum absolute atomic E-state index is 12.6. The van der Waals surface area contributed by atoms with Gasteiger partial charge in [-0.05, 0) is 42.8 Å². The Balaban J connectivity index is 2.14. The Morgan fingerprint density at radius 3 is 2.45 bits per heavy atom. The molecular formula is C18H21N3O7S. The van der Waals surface area contributed by atoms with E-state index < -0.39 is 26.7 Å². The number of anilines is 2. The maximum atomic E-state index is 12.6. The normalized spacial score (nSPS) is 10.8. The van der Waals surface area contributed by atoms with Crippen LogP contribution in [-0.4, -0.2) is 33.2 Å². The number of hydrogen-bond donors (Lipinski definition) is 2. The number of amides is 1. The molecule has 0 spiro atoms. The Kier molecular flexibility index (Phi) is 7.37. The molecule has 0 aliphatic carbocycles. The number of methoxy groups -OCH3 is 1. The van der Waals surface area contributed by atoms with Crippen molar-refractivity contribution in [2.24, 2.45) is 0 Å². The van der Waals surface area contributed by atoms with Crippen LogP contribution in [-0.2, 0) is 14.8 Å². The van der Waals surface area contributed by atoms with Crippen LogP contribution >= 0.6 is 0 Å². The van der Waals surface area contributed by atoms with Crippen molar-refractivity contribution in [1.29, 1.82) is 0 Å². The first-order chi connectivity index (χ1) is 13.8. The van der Waals surface area contributed by atoms with Crippen LogP contribution in [0.5, 0.6) is 5.75 Å². The second-order valence-corrected chi connectivity index (χ2v) is 7.57. The van der Waals surface area contributed by atoms with E-state index in [9.17, 15) is 23.3 Å². The number of rotatable bonds is 9. The highest BCUT2D eigenvalue weighted by Gasteiger charge is 2.22. The lowest BCUT2D eigenvalue weighted by molar-refractivity contribution is -0.384. The lowest BCUT2D eigenvalue weighted by Crippen LogP contribution is -2.15. The molecule has 11 heteroatoms.